The number of nitrogens with zero attached hydrogens (tertiary/aromatic N) is 1. The van der Waals surface area contributed by atoms with Gasteiger partial charge in [0.25, 0.3) is 14.7 Å². The van der Waals surface area contributed by atoms with Crippen LogP contribution in [0, 0.1) is 10.1 Å². The quantitative estimate of drug-likeness (QED) is 0.493. The number of nitrogens with one attached hydrogen (secondary N) is 1. The topological polar surface area (TPSA) is 123 Å². The first-order chi connectivity index (χ1) is 8.57. The zero-order valence-electron chi connectivity index (χ0n) is 9.53. The maximum absolute atomic E-state index is 11.3. The SMILES string of the molecule is CCS(=O)(=O)Nc1ccc(S(=O)(=O)Cl)cc1[N+](=O)[O-]. The molecule has 0 aliphatic heterocycles. The second-order valence-corrected chi connectivity index (χ2v) is 7.96. The van der Waals surface area contributed by atoms with Crippen LogP contribution >= 0.6 is 10.7 Å². The van der Waals surface area contributed by atoms with Crippen molar-refractivity contribution in [3.05, 3.63) is 28.3 Å². The minimum Gasteiger partial charge on any atom is -0.277 e. The molecule has 11 heteroatoms. The van der Waals surface area contributed by atoms with Crippen molar-refractivity contribution in [1.29, 1.82) is 0 Å². The van der Waals surface area contributed by atoms with Crippen LogP contribution in [-0.4, -0.2) is 27.5 Å². The molecule has 8 nitrogen and oxygen atoms in total. The molecule has 1 aromatic carbocycles. The Kier molecular flexibility index (Phi) is 4.38. The second kappa shape index (κ2) is 5.31. The summed E-state index contributed by atoms with van der Waals surface area (Å²) in [5.41, 5.74) is -1.02. The summed E-state index contributed by atoms with van der Waals surface area (Å²) in [4.78, 5) is 9.42. The first kappa shape index (κ1) is 15.7. The van der Waals surface area contributed by atoms with E-state index in [-0.39, 0.29) is 11.4 Å². The Balaban J connectivity index is 3.40. The molecule has 19 heavy (non-hydrogen) atoms. The smallest absolute Gasteiger partial charge is 0.277 e. The molecule has 0 heterocycles. The van der Waals surface area contributed by atoms with Crippen LogP contribution in [0.4, 0.5) is 11.4 Å². The van der Waals surface area contributed by atoms with Gasteiger partial charge in [-0.15, -0.1) is 0 Å². The molecule has 0 saturated carbocycles. The Labute approximate surface area is 114 Å². The van der Waals surface area contributed by atoms with Crippen LogP contribution < -0.4 is 4.72 Å². The summed E-state index contributed by atoms with van der Waals surface area (Å²) in [6.45, 7) is 1.35. The maximum Gasteiger partial charge on any atom is 0.294 e. The van der Waals surface area contributed by atoms with E-state index in [4.69, 9.17) is 10.7 Å². The lowest BCUT2D eigenvalue weighted by Gasteiger charge is -2.07. The van der Waals surface area contributed by atoms with Crippen molar-refractivity contribution in [2.75, 3.05) is 10.5 Å². The fourth-order valence-electron chi connectivity index (χ4n) is 1.14. The van der Waals surface area contributed by atoms with Crippen molar-refractivity contribution >= 4 is 41.1 Å². The number of benzene rings is 1. The van der Waals surface area contributed by atoms with E-state index >= 15 is 0 Å². The van der Waals surface area contributed by atoms with E-state index in [1.54, 1.807) is 0 Å². The molecular weight excluding hydrogens is 320 g/mol. The number of anilines is 1. The summed E-state index contributed by atoms with van der Waals surface area (Å²) < 4.78 is 46.8. The van der Waals surface area contributed by atoms with E-state index in [9.17, 15) is 26.9 Å². The lowest BCUT2D eigenvalue weighted by Crippen LogP contribution is -2.15. The molecule has 0 atom stereocenters. The monoisotopic (exact) mass is 328 g/mol. The fraction of sp³-hybridized carbons (Fsp3) is 0.250. The van der Waals surface area contributed by atoms with Crippen molar-refractivity contribution < 1.29 is 21.8 Å². The van der Waals surface area contributed by atoms with Gasteiger partial charge in [-0.25, -0.2) is 16.8 Å². The number of sulfonamides is 1. The number of hydrogen-bond acceptors (Lipinski definition) is 6. The van der Waals surface area contributed by atoms with Gasteiger partial charge in [-0.05, 0) is 19.1 Å². The van der Waals surface area contributed by atoms with Gasteiger partial charge in [0.05, 0.1) is 15.6 Å². The van der Waals surface area contributed by atoms with Gasteiger partial charge in [-0.1, -0.05) is 0 Å². The Morgan fingerprint density at radius 3 is 2.32 bits per heavy atom. The number of halogens is 1. The fourth-order valence-corrected chi connectivity index (χ4v) is 2.56. The third kappa shape index (κ3) is 4.04. The van der Waals surface area contributed by atoms with Crippen LogP contribution in [0.25, 0.3) is 0 Å². The van der Waals surface area contributed by atoms with E-state index in [2.05, 4.69) is 0 Å². The summed E-state index contributed by atoms with van der Waals surface area (Å²) in [6.07, 6.45) is 0. The molecule has 106 valence electrons. The summed E-state index contributed by atoms with van der Waals surface area (Å²) in [5.74, 6) is -0.278. The van der Waals surface area contributed by atoms with Crippen LogP contribution in [0.5, 0.6) is 0 Å². The predicted octanol–water partition coefficient (Wildman–Crippen LogP) is 1.28. The molecule has 0 unspecified atom stereocenters. The number of nitro benzene ring substituents is 1. The van der Waals surface area contributed by atoms with Gasteiger partial charge < -0.3 is 0 Å². The third-order valence-corrected chi connectivity index (χ3v) is 4.74. The van der Waals surface area contributed by atoms with Crippen LogP contribution in [0.15, 0.2) is 23.1 Å². The molecular formula is C8H9ClN2O6S2. The normalized spacial score (nSPS) is 12.1. The van der Waals surface area contributed by atoms with Gasteiger partial charge in [0.1, 0.15) is 5.69 Å². The van der Waals surface area contributed by atoms with Crippen LogP contribution in [0.2, 0.25) is 0 Å². The minimum absolute atomic E-state index is 0.278. The summed E-state index contributed by atoms with van der Waals surface area (Å²) in [7, 11) is -2.79. The molecule has 0 bridgehead atoms. The molecule has 1 N–H and O–H groups in total. The van der Waals surface area contributed by atoms with Crippen molar-refractivity contribution in [3.8, 4) is 0 Å². The van der Waals surface area contributed by atoms with Crippen molar-refractivity contribution in [1.82, 2.24) is 0 Å². The largest absolute Gasteiger partial charge is 0.294 e. The Bertz CT molecular complexity index is 713. The zero-order chi connectivity index (χ0) is 14.8. The van der Waals surface area contributed by atoms with Crippen molar-refractivity contribution in [2.24, 2.45) is 0 Å². The molecule has 0 fully saturated rings. The highest BCUT2D eigenvalue weighted by Gasteiger charge is 2.22. The first-order valence-corrected chi connectivity index (χ1v) is 8.76. The maximum atomic E-state index is 11.3. The van der Waals surface area contributed by atoms with Gasteiger partial charge in [0.2, 0.25) is 10.0 Å². The second-order valence-electron chi connectivity index (χ2n) is 3.38. The number of hydrogen-bond donors (Lipinski definition) is 1. The standard InChI is InChI=1S/C8H9ClN2O6S2/c1-2-18(14,15)10-7-4-3-6(19(9,16)17)5-8(7)11(12)13/h3-5,10H,2H2,1H3. The highest BCUT2D eigenvalue weighted by Crippen LogP contribution is 2.29. The summed E-state index contributed by atoms with van der Waals surface area (Å²) in [5, 5.41) is 10.8. The summed E-state index contributed by atoms with van der Waals surface area (Å²) >= 11 is 0. The number of nitro groups is 1. The van der Waals surface area contributed by atoms with Crippen LogP contribution in [0.3, 0.4) is 0 Å². The molecule has 0 amide bonds. The van der Waals surface area contributed by atoms with Crippen LogP contribution in [-0.2, 0) is 19.1 Å². The Morgan fingerprint density at radius 2 is 1.89 bits per heavy atom. The lowest BCUT2D eigenvalue weighted by atomic mass is 10.3. The number of rotatable bonds is 5. The van der Waals surface area contributed by atoms with Gasteiger partial charge in [-0.2, -0.15) is 0 Å². The van der Waals surface area contributed by atoms with Gasteiger partial charge in [-0.3, -0.25) is 14.8 Å². The highest BCUT2D eigenvalue weighted by atomic mass is 35.7. The average Bonchev–Trinajstić information content (AvgIpc) is 2.27. The molecule has 0 spiro atoms. The lowest BCUT2D eigenvalue weighted by molar-refractivity contribution is -0.384. The zero-order valence-corrected chi connectivity index (χ0v) is 11.9. The molecule has 0 aliphatic rings. The minimum atomic E-state index is -4.13. The summed E-state index contributed by atoms with van der Waals surface area (Å²) in [6, 6.07) is 2.64. The van der Waals surface area contributed by atoms with Crippen LogP contribution in [0.1, 0.15) is 6.92 Å². The van der Waals surface area contributed by atoms with Gasteiger partial charge >= 0.3 is 0 Å². The molecule has 0 aromatic heterocycles. The van der Waals surface area contributed by atoms with E-state index < -0.39 is 34.6 Å². The molecule has 0 saturated heterocycles. The molecule has 0 radical (unpaired) electrons. The van der Waals surface area contributed by atoms with E-state index in [1.165, 1.54) is 6.92 Å². The highest BCUT2D eigenvalue weighted by molar-refractivity contribution is 8.13. The van der Waals surface area contributed by atoms with Gasteiger partial charge in [0, 0.05) is 16.7 Å². The van der Waals surface area contributed by atoms with E-state index in [0.717, 1.165) is 12.1 Å². The third-order valence-electron chi connectivity index (χ3n) is 2.09. The van der Waals surface area contributed by atoms with E-state index in [1.807, 2.05) is 4.72 Å². The van der Waals surface area contributed by atoms with Crippen molar-refractivity contribution in [3.63, 3.8) is 0 Å². The Hall–Kier alpha value is -1.39. The van der Waals surface area contributed by atoms with Gasteiger partial charge in [0.15, 0.2) is 0 Å². The predicted molar refractivity (Wildman–Crippen MR) is 69.2 cm³/mol. The average molecular weight is 329 g/mol. The van der Waals surface area contributed by atoms with Crippen molar-refractivity contribution in [2.45, 2.75) is 11.8 Å². The van der Waals surface area contributed by atoms with E-state index in [0.29, 0.717) is 6.07 Å². The Morgan fingerprint density at radius 1 is 1.32 bits per heavy atom. The molecule has 0 aliphatic carbocycles. The molecule has 1 aromatic rings. The first-order valence-electron chi connectivity index (χ1n) is 4.80. The molecule has 1 rings (SSSR count).